The quantitative estimate of drug-likeness (QED) is 0.834. The average Bonchev–Trinajstić information content (AvgIpc) is 3.02. The highest BCUT2D eigenvalue weighted by Crippen LogP contribution is 2.42. The molecule has 0 radical (unpaired) electrons. The molecule has 154 valence electrons. The van der Waals surface area contributed by atoms with Crippen LogP contribution < -0.4 is 10.6 Å². The van der Waals surface area contributed by atoms with Gasteiger partial charge in [-0.2, -0.15) is 0 Å². The molecule has 7 heteroatoms. The van der Waals surface area contributed by atoms with Crippen molar-refractivity contribution >= 4 is 29.9 Å². The molecular weight excluding hydrogens is 381 g/mol. The Balaban J connectivity index is 0.00000225. The number of anilines is 1. The molecule has 1 aromatic carbocycles. The summed E-state index contributed by atoms with van der Waals surface area (Å²) in [4.78, 5) is 29.1. The standard InChI is InChI=1S/C21H28FN3O2.ClH/c1-24(20(26)15-11-13-5-4-6-14(12-15)19(13)23)18-9-10-25(21(18)27)17-8-3-2-7-16(17)22;/h2-3,7-8,13-15,18-19H,4-6,9-12,23H2,1H3;1H. The Morgan fingerprint density at radius 1 is 1.18 bits per heavy atom. The van der Waals surface area contributed by atoms with Crippen LogP contribution in [0.2, 0.25) is 0 Å². The van der Waals surface area contributed by atoms with Gasteiger partial charge in [0.2, 0.25) is 11.8 Å². The topological polar surface area (TPSA) is 66.6 Å². The number of carbonyl (C=O) groups excluding carboxylic acids is 2. The summed E-state index contributed by atoms with van der Waals surface area (Å²) in [6.07, 6.45) is 5.62. The van der Waals surface area contributed by atoms with Gasteiger partial charge in [0.05, 0.1) is 5.69 Å². The first kappa shape index (κ1) is 21.1. The van der Waals surface area contributed by atoms with Crippen molar-refractivity contribution in [1.82, 2.24) is 4.90 Å². The molecule has 4 rings (SSSR count). The number of nitrogens with two attached hydrogens (primary N) is 1. The second kappa shape index (κ2) is 8.37. The number of benzene rings is 1. The van der Waals surface area contributed by atoms with Crippen LogP contribution in [0.4, 0.5) is 10.1 Å². The lowest BCUT2D eigenvalue weighted by Gasteiger charge is -2.44. The van der Waals surface area contributed by atoms with Crippen LogP contribution in [0.15, 0.2) is 24.3 Å². The molecule has 28 heavy (non-hydrogen) atoms. The van der Waals surface area contributed by atoms with E-state index in [4.69, 9.17) is 5.73 Å². The van der Waals surface area contributed by atoms with E-state index in [1.807, 2.05) is 0 Å². The van der Waals surface area contributed by atoms with Gasteiger partial charge < -0.3 is 15.5 Å². The smallest absolute Gasteiger partial charge is 0.249 e. The van der Waals surface area contributed by atoms with E-state index < -0.39 is 11.9 Å². The van der Waals surface area contributed by atoms with Gasteiger partial charge >= 0.3 is 0 Å². The molecular formula is C21H29ClFN3O2. The van der Waals surface area contributed by atoms with Crippen molar-refractivity contribution in [1.29, 1.82) is 0 Å². The van der Waals surface area contributed by atoms with Crippen LogP contribution in [0.25, 0.3) is 0 Å². The van der Waals surface area contributed by atoms with E-state index in [1.54, 1.807) is 30.1 Å². The van der Waals surface area contributed by atoms with Crippen LogP contribution in [0, 0.1) is 23.6 Å². The zero-order chi connectivity index (χ0) is 19.1. The second-order valence-corrected chi connectivity index (χ2v) is 8.39. The molecule has 5 nitrogen and oxygen atoms in total. The summed E-state index contributed by atoms with van der Waals surface area (Å²) < 4.78 is 14.1. The Kier molecular flexibility index (Phi) is 6.30. The lowest BCUT2D eigenvalue weighted by Crippen LogP contribution is -2.51. The molecule has 1 aliphatic heterocycles. The number of para-hydroxylation sites is 1. The van der Waals surface area contributed by atoms with Crippen LogP contribution in [0.5, 0.6) is 0 Å². The third kappa shape index (κ3) is 3.64. The molecule has 0 aromatic heterocycles. The third-order valence-corrected chi connectivity index (χ3v) is 6.90. The third-order valence-electron chi connectivity index (χ3n) is 6.90. The van der Waals surface area contributed by atoms with Crippen molar-refractivity contribution in [2.75, 3.05) is 18.5 Å². The Hall–Kier alpha value is -1.66. The summed E-state index contributed by atoms with van der Waals surface area (Å²) in [5.74, 6) is 0.259. The summed E-state index contributed by atoms with van der Waals surface area (Å²) in [7, 11) is 1.72. The molecule has 3 unspecified atom stereocenters. The molecule has 1 heterocycles. The molecule has 0 spiro atoms. The predicted molar refractivity (Wildman–Crippen MR) is 109 cm³/mol. The zero-order valence-electron chi connectivity index (χ0n) is 16.2. The molecule has 1 aromatic rings. The number of hydrogen-bond donors (Lipinski definition) is 1. The summed E-state index contributed by atoms with van der Waals surface area (Å²) >= 11 is 0. The molecule has 3 fully saturated rings. The van der Waals surface area contributed by atoms with E-state index in [1.165, 1.54) is 17.4 Å². The van der Waals surface area contributed by atoms with Crippen molar-refractivity contribution in [3.05, 3.63) is 30.1 Å². The van der Waals surface area contributed by atoms with E-state index >= 15 is 0 Å². The first-order chi connectivity index (χ1) is 13.0. The molecule has 2 N–H and O–H groups in total. The molecule has 3 aliphatic rings. The zero-order valence-corrected chi connectivity index (χ0v) is 17.0. The van der Waals surface area contributed by atoms with Gasteiger partial charge in [-0.3, -0.25) is 9.59 Å². The first-order valence-electron chi connectivity index (χ1n) is 10.1. The van der Waals surface area contributed by atoms with Crippen LogP contribution in [-0.2, 0) is 9.59 Å². The maximum atomic E-state index is 14.1. The second-order valence-electron chi connectivity index (χ2n) is 8.39. The van der Waals surface area contributed by atoms with Gasteiger partial charge in [0.15, 0.2) is 0 Å². The first-order valence-corrected chi connectivity index (χ1v) is 10.1. The number of nitrogens with zero attached hydrogens (tertiary/aromatic N) is 2. The van der Waals surface area contributed by atoms with Crippen molar-refractivity contribution in [2.45, 2.75) is 50.6 Å². The van der Waals surface area contributed by atoms with E-state index in [-0.39, 0.29) is 36.2 Å². The maximum absolute atomic E-state index is 14.1. The Morgan fingerprint density at radius 2 is 1.82 bits per heavy atom. The maximum Gasteiger partial charge on any atom is 0.249 e. The highest BCUT2D eigenvalue weighted by atomic mass is 35.5. The fourth-order valence-corrected chi connectivity index (χ4v) is 5.37. The summed E-state index contributed by atoms with van der Waals surface area (Å²) in [6, 6.07) is 6.01. The van der Waals surface area contributed by atoms with Gasteiger partial charge in [-0.15, -0.1) is 12.4 Å². The average molecular weight is 410 g/mol. The minimum absolute atomic E-state index is 0. The Labute approximate surface area is 171 Å². The molecule has 2 bridgehead atoms. The summed E-state index contributed by atoms with van der Waals surface area (Å²) in [5, 5.41) is 0. The number of halogens is 2. The molecule has 2 saturated carbocycles. The van der Waals surface area contributed by atoms with Crippen molar-refractivity contribution < 1.29 is 14.0 Å². The minimum atomic E-state index is -0.507. The largest absolute Gasteiger partial charge is 0.333 e. The van der Waals surface area contributed by atoms with E-state index in [0.29, 0.717) is 30.5 Å². The van der Waals surface area contributed by atoms with Crippen LogP contribution >= 0.6 is 12.4 Å². The van der Waals surface area contributed by atoms with Gasteiger partial charge in [0, 0.05) is 25.6 Å². The number of amides is 2. The van der Waals surface area contributed by atoms with Gasteiger partial charge in [0.25, 0.3) is 0 Å². The fourth-order valence-electron chi connectivity index (χ4n) is 5.37. The monoisotopic (exact) mass is 409 g/mol. The van der Waals surface area contributed by atoms with E-state index in [2.05, 4.69) is 0 Å². The van der Waals surface area contributed by atoms with Crippen molar-refractivity contribution in [3.63, 3.8) is 0 Å². The lowest BCUT2D eigenvalue weighted by molar-refractivity contribution is -0.142. The van der Waals surface area contributed by atoms with Gasteiger partial charge in [-0.1, -0.05) is 18.6 Å². The highest BCUT2D eigenvalue weighted by molar-refractivity contribution is 6.01. The minimum Gasteiger partial charge on any atom is -0.333 e. The number of rotatable bonds is 3. The summed E-state index contributed by atoms with van der Waals surface area (Å²) in [6.45, 7) is 0.433. The molecule has 3 atom stereocenters. The van der Waals surface area contributed by atoms with Crippen molar-refractivity contribution in [2.24, 2.45) is 23.5 Å². The molecule has 2 amide bonds. The van der Waals surface area contributed by atoms with Gasteiger partial charge in [0.1, 0.15) is 11.9 Å². The van der Waals surface area contributed by atoms with Crippen molar-refractivity contribution in [3.8, 4) is 0 Å². The fraction of sp³-hybridized carbons (Fsp3) is 0.619. The summed E-state index contributed by atoms with van der Waals surface area (Å²) in [5.41, 5.74) is 6.64. The number of fused-ring (bicyclic) bond motifs is 2. The van der Waals surface area contributed by atoms with Crippen LogP contribution in [0.3, 0.4) is 0 Å². The highest BCUT2D eigenvalue weighted by Gasteiger charge is 2.44. The molecule has 1 saturated heterocycles. The number of carbonyl (C=O) groups is 2. The van der Waals surface area contributed by atoms with Gasteiger partial charge in [-0.05, 0) is 56.1 Å². The normalized spacial score (nSPS) is 32.0. The SMILES string of the molecule is CN(C(=O)C1CC2CCCC(C1)C2N)C1CCN(c2ccccc2F)C1=O.Cl. The predicted octanol–water partition coefficient (Wildman–Crippen LogP) is 2.96. The Morgan fingerprint density at radius 3 is 2.46 bits per heavy atom. The Bertz CT molecular complexity index is 732. The number of hydrogen-bond acceptors (Lipinski definition) is 3. The van der Waals surface area contributed by atoms with E-state index in [9.17, 15) is 14.0 Å². The molecule has 2 aliphatic carbocycles. The van der Waals surface area contributed by atoms with Crippen LogP contribution in [-0.4, -0.2) is 42.4 Å². The number of likely N-dealkylation sites (N-methyl/N-ethyl adjacent to an activating group) is 1. The van der Waals surface area contributed by atoms with Gasteiger partial charge in [-0.25, -0.2) is 4.39 Å². The lowest BCUT2D eigenvalue weighted by atomic mass is 9.65. The van der Waals surface area contributed by atoms with Crippen LogP contribution in [0.1, 0.15) is 38.5 Å². The van der Waals surface area contributed by atoms with E-state index in [0.717, 1.165) is 25.7 Å².